The van der Waals surface area contributed by atoms with Crippen LogP contribution in [0.5, 0.6) is 0 Å². The maximum absolute atomic E-state index is 3.94. The Morgan fingerprint density at radius 1 is 0.500 bits per heavy atom. The van der Waals surface area contributed by atoms with E-state index in [1.54, 1.807) is 47.0 Å². The lowest BCUT2D eigenvalue weighted by atomic mass is 10.6. The highest BCUT2D eigenvalue weighted by atomic mass is 32.2. The highest BCUT2D eigenvalue weighted by Crippen LogP contribution is 2.61. The van der Waals surface area contributed by atoms with Crippen LogP contribution in [0.15, 0.2) is 54.4 Å². The molecule has 0 bridgehead atoms. The van der Waals surface area contributed by atoms with Gasteiger partial charge in [-0.2, -0.15) is 0 Å². The average Bonchev–Trinajstić information content (AvgIpc) is 2.60. The van der Waals surface area contributed by atoms with Crippen molar-refractivity contribution < 1.29 is 0 Å². The van der Waals surface area contributed by atoms with Crippen LogP contribution in [-0.4, -0.2) is 0 Å². The molecule has 0 nitrogen and oxygen atoms in total. The third-order valence-electron chi connectivity index (χ3n) is 1.65. The van der Waals surface area contributed by atoms with Crippen LogP contribution in [0.3, 0.4) is 0 Å². The first-order chi connectivity index (χ1) is 6.58. The number of thioether (sulfide) groups is 4. The third-order valence-corrected chi connectivity index (χ3v) is 6.96. The second-order valence-corrected chi connectivity index (χ2v) is 7.61. The topological polar surface area (TPSA) is 0 Å². The minimum absolute atomic E-state index is 1.06. The van der Waals surface area contributed by atoms with Gasteiger partial charge in [-0.1, -0.05) is 73.4 Å². The van der Waals surface area contributed by atoms with E-state index >= 15 is 0 Å². The molecule has 2 saturated heterocycles. The summed E-state index contributed by atoms with van der Waals surface area (Å²) >= 11 is 6.80. The van der Waals surface area contributed by atoms with Crippen molar-refractivity contribution in [3.63, 3.8) is 0 Å². The monoisotopic (exact) mass is 256 g/mol. The van der Waals surface area contributed by atoms with Crippen LogP contribution in [0, 0.1) is 0 Å². The maximum atomic E-state index is 3.94. The van der Waals surface area contributed by atoms with Gasteiger partial charge in [0.25, 0.3) is 0 Å². The lowest BCUT2D eigenvalue weighted by molar-refractivity contribution is 2.00. The first-order valence-electron chi connectivity index (χ1n) is 3.80. The molecular formula is C10H8S4. The van der Waals surface area contributed by atoms with E-state index in [0.717, 1.165) is 19.6 Å². The molecule has 4 heteroatoms. The van der Waals surface area contributed by atoms with Crippen molar-refractivity contribution in [2.24, 2.45) is 0 Å². The van der Waals surface area contributed by atoms with E-state index in [0.29, 0.717) is 0 Å². The Balaban J connectivity index is 2.27. The zero-order chi connectivity index (χ0) is 10.3. The van der Waals surface area contributed by atoms with Crippen LogP contribution in [0.1, 0.15) is 0 Å². The molecule has 2 heterocycles. The Bertz CT molecular complexity index is 326. The van der Waals surface area contributed by atoms with Crippen LogP contribution in [0.25, 0.3) is 0 Å². The van der Waals surface area contributed by atoms with Crippen molar-refractivity contribution in [3.05, 3.63) is 54.4 Å². The van der Waals surface area contributed by atoms with E-state index in [2.05, 4.69) is 26.3 Å². The molecule has 0 aromatic carbocycles. The highest BCUT2D eigenvalue weighted by molar-refractivity contribution is 8.35. The van der Waals surface area contributed by atoms with Gasteiger partial charge in [-0.3, -0.25) is 0 Å². The van der Waals surface area contributed by atoms with Gasteiger partial charge in [0, 0.05) is 19.6 Å². The normalized spacial score (nSPS) is 22.9. The fourth-order valence-electron chi connectivity index (χ4n) is 0.884. The fourth-order valence-corrected chi connectivity index (χ4v) is 5.61. The standard InChI is InChI=1S/C10H8S4/c1-5-6(2)12-9(11-5)10-13-7(3)8(4)14-10/h1-4H2. The van der Waals surface area contributed by atoms with E-state index in [4.69, 9.17) is 0 Å². The first-order valence-corrected chi connectivity index (χ1v) is 7.06. The van der Waals surface area contributed by atoms with Gasteiger partial charge in [-0.05, 0) is 0 Å². The van der Waals surface area contributed by atoms with Crippen LogP contribution in [0.2, 0.25) is 0 Å². The minimum atomic E-state index is 1.06. The van der Waals surface area contributed by atoms with Crippen molar-refractivity contribution in [3.8, 4) is 0 Å². The summed E-state index contributed by atoms with van der Waals surface area (Å²) in [5, 5.41) is 0. The Morgan fingerprint density at radius 3 is 0.929 bits per heavy atom. The summed E-state index contributed by atoms with van der Waals surface area (Å²) in [6.45, 7) is 15.8. The van der Waals surface area contributed by atoms with Gasteiger partial charge in [0.1, 0.15) is 0 Å². The summed E-state index contributed by atoms with van der Waals surface area (Å²) in [6, 6.07) is 0. The zero-order valence-corrected chi connectivity index (χ0v) is 10.7. The Kier molecular flexibility index (Phi) is 2.98. The summed E-state index contributed by atoms with van der Waals surface area (Å²) in [5.41, 5.74) is 0. The van der Waals surface area contributed by atoms with E-state index in [-0.39, 0.29) is 0 Å². The third kappa shape index (κ3) is 1.89. The van der Waals surface area contributed by atoms with Crippen molar-refractivity contribution in [2.45, 2.75) is 0 Å². The van der Waals surface area contributed by atoms with Crippen molar-refractivity contribution in [2.75, 3.05) is 0 Å². The number of hydrogen-bond donors (Lipinski definition) is 0. The largest absolute Gasteiger partial charge is 0.0838 e. The molecule has 2 aliphatic heterocycles. The van der Waals surface area contributed by atoms with E-state index in [1.807, 2.05) is 0 Å². The highest BCUT2D eigenvalue weighted by Gasteiger charge is 2.26. The van der Waals surface area contributed by atoms with Gasteiger partial charge in [-0.25, -0.2) is 0 Å². The van der Waals surface area contributed by atoms with Gasteiger partial charge in [0.15, 0.2) is 0 Å². The predicted octanol–water partition coefficient (Wildman–Crippen LogP) is 5.13. The molecule has 72 valence electrons. The van der Waals surface area contributed by atoms with Gasteiger partial charge in [0.05, 0.1) is 8.47 Å². The zero-order valence-electron chi connectivity index (χ0n) is 7.46. The van der Waals surface area contributed by atoms with Crippen LogP contribution in [-0.2, 0) is 0 Å². The lowest BCUT2D eigenvalue weighted by Gasteiger charge is -1.96. The van der Waals surface area contributed by atoms with Gasteiger partial charge in [-0.15, -0.1) is 0 Å². The quantitative estimate of drug-likeness (QED) is 0.589. The lowest BCUT2D eigenvalue weighted by Crippen LogP contribution is -1.62. The molecule has 0 N–H and O–H groups in total. The van der Waals surface area contributed by atoms with Crippen molar-refractivity contribution >= 4 is 47.0 Å². The molecule has 2 rings (SSSR count). The van der Waals surface area contributed by atoms with Gasteiger partial charge >= 0.3 is 0 Å². The predicted molar refractivity (Wildman–Crippen MR) is 74.0 cm³/mol. The van der Waals surface area contributed by atoms with E-state index in [1.165, 1.54) is 8.47 Å². The molecule has 0 spiro atoms. The Hall–Kier alpha value is 0.1000. The van der Waals surface area contributed by atoms with Crippen LogP contribution in [0.4, 0.5) is 0 Å². The molecule has 2 aliphatic rings. The summed E-state index contributed by atoms with van der Waals surface area (Å²) < 4.78 is 2.55. The molecule has 0 radical (unpaired) electrons. The molecule has 2 fully saturated rings. The molecule has 0 aromatic rings. The summed E-state index contributed by atoms with van der Waals surface area (Å²) in [4.78, 5) is 4.23. The molecule has 0 amide bonds. The second kappa shape index (κ2) is 3.93. The molecule has 14 heavy (non-hydrogen) atoms. The Labute approximate surface area is 101 Å². The fraction of sp³-hybridized carbons (Fsp3) is 0. The Morgan fingerprint density at radius 2 is 0.714 bits per heavy atom. The van der Waals surface area contributed by atoms with Gasteiger partial charge in [0.2, 0.25) is 0 Å². The van der Waals surface area contributed by atoms with E-state index in [9.17, 15) is 0 Å². The van der Waals surface area contributed by atoms with Crippen molar-refractivity contribution in [1.82, 2.24) is 0 Å². The number of hydrogen-bond acceptors (Lipinski definition) is 4. The van der Waals surface area contributed by atoms with Crippen molar-refractivity contribution in [1.29, 1.82) is 0 Å². The van der Waals surface area contributed by atoms with Crippen LogP contribution >= 0.6 is 47.0 Å². The number of rotatable bonds is 0. The van der Waals surface area contributed by atoms with Crippen LogP contribution < -0.4 is 0 Å². The first kappa shape index (κ1) is 10.6. The molecular weight excluding hydrogens is 248 g/mol. The molecule has 0 atom stereocenters. The summed E-state index contributed by atoms with van der Waals surface area (Å²) in [6.07, 6.45) is 0. The smallest absolute Gasteiger partial charge is 0.0706 e. The molecule has 0 aliphatic carbocycles. The molecule has 0 aromatic heterocycles. The summed E-state index contributed by atoms with van der Waals surface area (Å²) in [7, 11) is 0. The molecule has 0 unspecified atom stereocenters. The minimum Gasteiger partial charge on any atom is -0.0838 e. The maximum Gasteiger partial charge on any atom is 0.0706 e. The molecule has 0 saturated carbocycles. The SMILES string of the molecule is C=C1SC(=C2SC(=C)C(=C)S2)SC1=C. The second-order valence-electron chi connectivity index (χ2n) is 2.68. The summed E-state index contributed by atoms with van der Waals surface area (Å²) in [5.74, 6) is 0. The van der Waals surface area contributed by atoms with Gasteiger partial charge < -0.3 is 0 Å². The average molecular weight is 256 g/mol. The van der Waals surface area contributed by atoms with E-state index < -0.39 is 0 Å².